The van der Waals surface area contributed by atoms with Crippen LogP contribution in [0.3, 0.4) is 0 Å². The third-order valence-corrected chi connectivity index (χ3v) is 4.71. The fourth-order valence-electron chi connectivity index (χ4n) is 3.22. The highest BCUT2D eigenvalue weighted by Crippen LogP contribution is 2.23. The maximum Gasteiger partial charge on any atom is 0.234 e. The summed E-state index contributed by atoms with van der Waals surface area (Å²) in [6, 6.07) is 10.1. The highest BCUT2D eigenvalue weighted by molar-refractivity contribution is 5.79. The molecule has 0 bridgehead atoms. The Morgan fingerprint density at radius 1 is 1.21 bits per heavy atom. The van der Waals surface area contributed by atoms with Gasteiger partial charge in [-0.1, -0.05) is 30.3 Å². The van der Waals surface area contributed by atoms with Crippen molar-refractivity contribution in [3.63, 3.8) is 0 Å². The molecule has 2 N–H and O–H groups in total. The first-order valence-electron chi connectivity index (χ1n) is 8.38. The van der Waals surface area contributed by atoms with Gasteiger partial charge >= 0.3 is 0 Å². The van der Waals surface area contributed by atoms with Gasteiger partial charge in [-0.15, -0.1) is 0 Å². The van der Waals surface area contributed by atoms with Gasteiger partial charge in [-0.3, -0.25) is 19.3 Å². The van der Waals surface area contributed by atoms with Crippen molar-refractivity contribution >= 4 is 5.91 Å². The largest absolute Gasteiger partial charge is 0.368 e. The summed E-state index contributed by atoms with van der Waals surface area (Å²) in [6.07, 6.45) is 2.10. The van der Waals surface area contributed by atoms with E-state index in [0.717, 1.165) is 44.0 Å². The molecule has 1 fully saturated rings. The first-order valence-corrected chi connectivity index (χ1v) is 8.38. The molecule has 0 saturated carbocycles. The number of aryl methyl sites for hydroxylation is 1. The molecule has 1 aromatic carbocycles. The number of hydrogen-bond acceptors (Lipinski definition) is 4. The Morgan fingerprint density at radius 2 is 1.88 bits per heavy atom. The molecule has 1 aliphatic rings. The van der Waals surface area contributed by atoms with Gasteiger partial charge in [0.1, 0.15) is 0 Å². The quantitative estimate of drug-likeness (QED) is 0.892. The van der Waals surface area contributed by atoms with Crippen molar-refractivity contribution in [1.29, 1.82) is 0 Å². The minimum Gasteiger partial charge on any atom is -0.368 e. The second-order valence-electron chi connectivity index (χ2n) is 6.43. The molecule has 6 heteroatoms. The maximum absolute atomic E-state index is 11.3. The Labute approximate surface area is 142 Å². The highest BCUT2D eigenvalue weighted by Gasteiger charge is 2.24. The van der Waals surface area contributed by atoms with E-state index in [1.54, 1.807) is 0 Å². The van der Waals surface area contributed by atoms with E-state index in [1.165, 1.54) is 5.56 Å². The predicted octanol–water partition coefficient (Wildman–Crippen LogP) is 1.08. The van der Waals surface area contributed by atoms with Crippen molar-refractivity contribution in [1.82, 2.24) is 19.6 Å². The van der Waals surface area contributed by atoms with Crippen LogP contribution in [0.4, 0.5) is 0 Å². The summed E-state index contributed by atoms with van der Waals surface area (Å²) in [5.74, 6) is -0.248. The van der Waals surface area contributed by atoms with E-state index < -0.39 is 0 Å². The van der Waals surface area contributed by atoms with Crippen LogP contribution in [0.5, 0.6) is 0 Å². The number of rotatable bonds is 5. The molecule has 1 saturated heterocycles. The van der Waals surface area contributed by atoms with Crippen LogP contribution in [-0.2, 0) is 18.4 Å². The van der Waals surface area contributed by atoms with Crippen LogP contribution in [0.15, 0.2) is 36.5 Å². The van der Waals surface area contributed by atoms with Gasteiger partial charge in [0.25, 0.3) is 0 Å². The molecule has 0 aliphatic carbocycles. The lowest BCUT2D eigenvalue weighted by molar-refractivity contribution is -0.123. The standard InChI is InChI=1S/C18H25N5O/c1-14(18(19)24)23-10-8-22(9-11-23)13-16-12-21(2)20-17(16)15-6-4-3-5-7-15/h3-7,12,14H,8-11,13H2,1-2H3,(H2,19,24)/t14-/m1/s1. The predicted molar refractivity (Wildman–Crippen MR) is 94.2 cm³/mol. The zero-order valence-electron chi connectivity index (χ0n) is 14.4. The third kappa shape index (κ3) is 3.66. The fraction of sp³-hybridized carbons (Fsp3) is 0.444. The van der Waals surface area contributed by atoms with Crippen molar-refractivity contribution in [3.05, 3.63) is 42.1 Å². The number of piperazine rings is 1. The summed E-state index contributed by atoms with van der Waals surface area (Å²) in [7, 11) is 1.96. The van der Waals surface area contributed by atoms with Crippen molar-refractivity contribution in [3.8, 4) is 11.3 Å². The molecule has 1 atom stereocenters. The lowest BCUT2D eigenvalue weighted by Gasteiger charge is -2.36. The molecule has 2 aromatic rings. The lowest BCUT2D eigenvalue weighted by Crippen LogP contribution is -2.52. The molecule has 1 aliphatic heterocycles. The number of carbonyl (C=O) groups is 1. The van der Waals surface area contributed by atoms with E-state index >= 15 is 0 Å². The Hall–Kier alpha value is -2.18. The second kappa shape index (κ2) is 7.15. The summed E-state index contributed by atoms with van der Waals surface area (Å²) in [4.78, 5) is 15.9. The monoisotopic (exact) mass is 327 g/mol. The van der Waals surface area contributed by atoms with Crippen molar-refractivity contribution in [2.24, 2.45) is 12.8 Å². The summed E-state index contributed by atoms with van der Waals surface area (Å²) >= 11 is 0. The van der Waals surface area contributed by atoms with Crippen LogP contribution in [0, 0.1) is 0 Å². The Balaban J connectivity index is 1.67. The van der Waals surface area contributed by atoms with Gasteiger partial charge in [0.2, 0.25) is 5.91 Å². The van der Waals surface area contributed by atoms with Crippen molar-refractivity contribution < 1.29 is 4.79 Å². The maximum atomic E-state index is 11.3. The number of hydrogen-bond donors (Lipinski definition) is 1. The fourth-order valence-corrected chi connectivity index (χ4v) is 3.22. The average Bonchev–Trinajstić information content (AvgIpc) is 2.96. The number of aromatic nitrogens is 2. The number of benzene rings is 1. The number of carbonyl (C=O) groups excluding carboxylic acids is 1. The Morgan fingerprint density at radius 3 is 2.50 bits per heavy atom. The molecule has 2 heterocycles. The molecule has 0 radical (unpaired) electrons. The molecule has 24 heavy (non-hydrogen) atoms. The Bertz CT molecular complexity index is 689. The average molecular weight is 327 g/mol. The summed E-state index contributed by atoms with van der Waals surface area (Å²) in [6.45, 7) is 6.35. The van der Waals surface area contributed by atoms with E-state index in [9.17, 15) is 4.79 Å². The zero-order valence-corrected chi connectivity index (χ0v) is 14.4. The zero-order chi connectivity index (χ0) is 17.1. The van der Waals surface area contributed by atoms with Gasteiger partial charge in [-0.25, -0.2) is 0 Å². The van der Waals surface area contributed by atoms with Gasteiger partial charge in [0.05, 0.1) is 11.7 Å². The first-order chi connectivity index (χ1) is 11.5. The van der Waals surface area contributed by atoms with E-state index in [2.05, 4.69) is 33.2 Å². The van der Waals surface area contributed by atoms with E-state index in [1.807, 2.05) is 36.9 Å². The van der Waals surface area contributed by atoms with Crippen molar-refractivity contribution in [2.45, 2.75) is 19.5 Å². The topological polar surface area (TPSA) is 67.4 Å². The number of amides is 1. The van der Waals surface area contributed by atoms with Crippen molar-refractivity contribution in [2.75, 3.05) is 26.2 Å². The number of nitrogens with two attached hydrogens (primary N) is 1. The molecule has 0 unspecified atom stereocenters. The van der Waals surface area contributed by atoms with Gasteiger partial charge in [-0.2, -0.15) is 5.10 Å². The summed E-state index contributed by atoms with van der Waals surface area (Å²) in [5.41, 5.74) is 8.84. The van der Waals surface area contributed by atoms with E-state index in [4.69, 9.17) is 5.73 Å². The number of primary amides is 1. The molecule has 1 aromatic heterocycles. The molecular formula is C18H25N5O. The molecule has 1 amide bonds. The van der Waals surface area contributed by atoms with Crippen LogP contribution in [0.1, 0.15) is 12.5 Å². The third-order valence-electron chi connectivity index (χ3n) is 4.71. The first kappa shape index (κ1) is 16.7. The summed E-state index contributed by atoms with van der Waals surface area (Å²) in [5, 5.41) is 4.63. The van der Waals surface area contributed by atoms with Gasteiger partial charge in [-0.05, 0) is 6.92 Å². The van der Waals surface area contributed by atoms with Crippen LogP contribution in [0.2, 0.25) is 0 Å². The molecule has 6 nitrogen and oxygen atoms in total. The minimum atomic E-state index is -0.248. The van der Waals surface area contributed by atoms with E-state index in [0.29, 0.717) is 0 Å². The number of nitrogens with zero attached hydrogens (tertiary/aromatic N) is 4. The molecule has 3 rings (SSSR count). The second-order valence-corrected chi connectivity index (χ2v) is 6.43. The molecule has 0 spiro atoms. The normalized spacial score (nSPS) is 17.8. The van der Waals surface area contributed by atoms with Gasteiger partial charge < -0.3 is 5.73 Å². The van der Waals surface area contributed by atoms with Crippen LogP contribution >= 0.6 is 0 Å². The van der Waals surface area contributed by atoms with Gasteiger partial charge in [0.15, 0.2) is 0 Å². The molecular weight excluding hydrogens is 302 g/mol. The SMILES string of the molecule is C[C@H](C(N)=O)N1CCN(Cc2cn(C)nc2-c2ccccc2)CC1. The minimum absolute atomic E-state index is 0.189. The highest BCUT2D eigenvalue weighted by atomic mass is 16.1. The van der Waals surface area contributed by atoms with Crippen LogP contribution in [-0.4, -0.2) is 57.7 Å². The van der Waals surface area contributed by atoms with E-state index in [-0.39, 0.29) is 11.9 Å². The lowest BCUT2D eigenvalue weighted by atomic mass is 10.1. The van der Waals surface area contributed by atoms with Crippen LogP contribution in [0.25, 0.3) is 11.3 Å². The van der Waals surface area contributed by atoms with Crippen LogP contribution < -0.4 is 5.73 Å². The molecule has 128 valence electrons. The van der Waals surface area contributed by atoms with Gasteiger partial charge in [0, 0.05) is 57.1 Å². The summed E-state index contributed by atoms with van der Waals surface area (Å²) < 4.78 is 1.88. The Kier molecular flexibility index (Phi) is 4.97. The smallest absolute Gasteiger partial charge is 0.234 e.